The van der Waals surface area contributed by atoms with Gasteiger partial charge in [0, 0.05) is 12.1 Å². The molecule has 1 saturated heterocycles. The third-order valence-electron chi connectivity index (χ3n) is 4.09. The Morgan fingerprint density at radius 2 is 2.00 bits per heavy atom. The van der Waals surface area contributed by atoms with E-state index in [1.165, 1.54) is 0 Å². The predicted octanol–water partition coefficient (Wildman–Crippen LogP) is 1.68. The highest BCUT2D eigenvalue weighted by molar-refractivity contribution is 7.86. The molecular formula is C15H24N2O3S. The van der Waals surface area contributed by atoms with Gasteiger partial charge < -0.3 is 14.8 Å². The smallest absolute Gasteiger partial charge is 0.306 e. The summed E-state index contributed by atoms with van der Waals surface area (Å²) in [4.78, 5) is 2.43. The maximum atomic E-state index is 11.4. The van der Waals surface area contributed by atoms with Crippen LogP contribution in [-0.4, -0.2) is 39.2 Å². The lowest BCUT2D eigenvalue weighted by atomic mass is 9.86. The van der Waals surface area contributed by atoms with Gasteiger partial charge >= 0.3 is 10.1 Å². The molecule has 0 radical (unpaired) electrons. The first-order chi connectivity index (χ1) is 9.94. The van der Waals surface area contributed by atoms with Crippen molar-refractivity contribution in [3.05, 3.63) is 29.3 Å². The van der Waals surface area contributed by atoms with Crippen LogP contribution in [-0.2, 0) is 16.7 Å². The molecule has 1 aliphatic rings. The van der Waals surface area contributed by atoms with E-state index in [-0.39, 0.29) is 6.54 Å². The van der Waals surface area contributed by atoms with Gasteiger partial charge in [-0.05, 0) is 50.0 Å². The molecule has 0 spiro atoms. The monoisotopic (exact) mass is 312 g/mol. The number of nitrogens with two attached hydrogens (primary N) is 1. The molecule has 0 amide bonds. The SMILES string of the molecule is CCN1CCC(c2cccc(OS(C)(=O)=O)c2CN)CC1. The van der Waals surface area contributed by atoms with Crippen LogP contribution < -0.4 is 9.92 Å². The Hall–Kier alpha value is -1.11. The van der Waals surface area contributed by atoms with E-state index in [1.807, 2.05) is 12.1 Å². The highest BCUT2D eigenvalue weighted by atomic mass is 32.2. The highest BCUT2D eigenvalue weighted by Crippen LogP contribution is 2.34. The van der Waals surface area contributed by atoms with E-state index < -0.39 is 10.1 Å². The van der Waals surface area contributed by atoms with E-state index >= 15 is 0 Å². The molecule has 0 atom stereocenters. The van der Waals surface area contributed by atoms with Crippen molar-refractivity contribution in [2.75, 3.05) is 25.9 Å². The fourth-order valence-electron chi connectivity index (χ4n) is 2.98. The molecule has 2 N–H and O–H groups in total. The van der Waals surface area contributed by atoms with E-state index in [0.717, 1.165) is 49.9 Å². The molecule has 1 aliphatic heterocycles. The first kappa shape index (κ1) is 16.3. The van der Waals surface area contributed by atoms with E-state index in [4.69, 9.17) is 9.92 Å². The molecule has 21 heavy (non-hydrogen) atoms. The molecular weight excluding hydrogens is 288 g/mol. The topological polar surface area (TPSA) is 72.6 Å². The van der Waals surface area contributed by atoms with Crippen molar-refractivity contribution in [1.82, 2.24) is 4.90 Å². The van der Waals surface area contributed by atoms with Crippen molar-refractivity contribution in [2.45, 2.75) is 32.2 Å². The van der Waals surface area contributed by atoms with Crippen LogP contribution in [0.2, 0.25) is 0 Å². The number of benzene rings is 1. The number of hydrogen-bond donors (Lipinski definition) is 1. The Morgan fingerprint density at radius 1 is 1.33 bits per heavy atom. The van der Waals surface area contributed by atoms with Gasteiger partial charge in [-0.25, -0.2) is 0 Å². The molecule has 0 aromatic heterocycles. The molecule has 1 aromatic carbocycles. The average molecular weight is 312 g/mol. The van der Waals surface area contributed by atoms with Gasteiger partial charge in [-0.1, -0.05) is 19.1 Å². The summed E-state index contributed by atoms with van der Waals surface area (Å²) in [6.07, 6.45) is 3.20. The Bertz CT molecular complexity index is 579. The third kappa shape index (κ3) is 4.18. The summed E-state index contributed by atoms with van der Waals surface area (Å²) in [5, 5.41) is 0. The molecule has 118 valence electrons. The van der Waals surface area contributed by atoms with Crippen LogP contribution in [0.3, 0.4) is 0 Å². The summed E-state index contributed by atoms with van der Waals surface area (Å²) in [5.41, 5.74) is 7.80. The summed E-state index contributed by atoms with van der Waals surface area (Å²) in [6.45, 7) is 5.68. The Labute approximate surface area is 127 Å². The van der Waals surface area contributed by atoms with Gasteiger partial charge in [0.05, 0.1) is 6.26 Å². The van der Waals surface area contributed by atoms with Crippen molar-refractivity contribution in [3.8, 4) is 5.75 Å². The zero-order valence-corrected chi connectivity index (χ0v) is 13.5. The van der Waals surface area contributed by atoms with Crippen LogP contribution in [0.5, 0.6) is 5.75 Å². The number of rotatable bonds is 5. The Balaban J connectivity index is 2.26. The van der Waals surface area contributed by atoms with E-state index in [9.17, 15) is 8.42 Å². The van der Waals surface area contributed by atoms with Crippen molar-refractivity contribution < 1.29 is 12.6 Å². The lowest BCUT2D eigenvalue weighted by Gasteiger charge is -2.32. The number of piperidine rings is 1. The summed E-state index contributed by atoms with van der Waals surface area (Å²) in [5.74, 6) is 0.796. The Kier molecular flexibility index (Phi) is 5.24. The molecule has 0 bridgehead atoms. The molecule has 6 heteroatoms. The molecule has 0 unspecified atom stereocenters. The third-order valence-corrected chi connectivity index (χ3v) is 4.57. The lowest BCUT2D eigenvalue weighted by Crippen LogP contribution is -2.33. The molecule has 1 aromatic rings. The van der Waals surface area contributed by atoms with Crippen LogP contribution in [0.1, 0.15) is 36.8 Å². The van der Waals surface area contributed by atoms with Crippen molar-refractivity contribution in [1.29, 1.82) is 0 Å². The first-order valence-electron chi connectivity index (χ1n) is 7.38. The summed E-state index contributed by atoms with van der Waals surface area (Å²) in [6, 6.07) is 5.57. The minimum absolute atomic E-state index is 0.287. The van der Waals surface area contributed by atoms with Crippen LogP contribution in [0.4, 0.5) is 0 Å². The summed E-state index contributed by atoms with van der Waals surface area (Å²) in [7, 11) is -3.53. The molecule has 1 heterocycles. The van der Waals surface area contributed by atoms with Gasteiger partial charge in [0.25, 0.3) is 0 Å². The van der Waals surface area contributed by atoms with Crippen molar-refractivity contribution in [3.63, 3.8) is 0 Å². The highest BCUT2D eigenvalue weighted by Gasteiger charge is 2.23. The van der Waals surface area contributed by atoms with Crippen molar-refractivity contribution >= 4 is 10.1 Å². The fourth-order valence-corrected chi connectivity index (χ4v) is 3.47. The Morgan fingerprint density at radius 3 is 2.52 bits per heavy atom. The second kappa shape index (κ2) is 6.77. The van der Waals surface area contributed by atoms with E-state index in [0.29, 0.717) is 11.7 Å². The van der Waals surface area contributed by atoms with E-state index in [2.05, 4.69) is 11.8 Å². The zero-order chi connectivity index (χ0) is 15.5. The molecule has 1 fully saturated rings. The summed E-state index contributed by atoms with van der Waals surface area (Å²) < 4.78 is 27.8. The van der Waals surface area contributed by atoms with Crippen LogP contribution in [0.15, 0.2) is 18.2 Å². The van der Waals surface area contributed by atoms with Crippen molar-refractivity contribution in [2.24, 2.45) is 5.73 Å². The van der Waals surface area contributed by atoms with Crippen LogP contribution in [0, 0.1) is 0 Å². The first-order valence-corrected chi connectivity index (χ1v) is 9.20. The fraction of sp³-hybridized carbons (Fsp3) is 0.600. The molecule has 0 saturated carbocycles. The number of hydrogen-bond acceptors (Lipinski definition) is 5. The quantitative estimate of drug-likeness (QED) is 0.838. The second-order valence-corrected chi connectivity index (χ2v) is 7.10. The number of nitrogens with zero attached hydrogens (tertiary/aromatic N) is 1. The molecule has 5 nitrogen and oxygen atoms in total. The van der Waals surface area contributed by atoms with E-state index in [1.54, 1.807) is 6.07 Å². The molecule has 2 rings (SSSR count). The number of likely N-dealkylation sites (tertiary alicyclic amines) is 1. The van der Waals surface area contributed by atoms with Gasteiger partial charge in [-0.2, -0.15) is 8.42 Å². The van der Waals surface area contributed by atoms with Gasteiger partial charge in [0.15, 0.2) is 0 Å². The summed E-state index contributed by atoms with van der Waals surface area (Å²) >= 11 is 0. The predicted molar refractivity (Wildman–Crippen MR) is 83.9 cm³/mol. The van der Waals surface area contributed by atoms with Gasteiger partial charge in [-0.3, -0.25) is 0 Å². The standard InChI is InChI=1S/C15H24N2O3S/c1-3-17-9-7-12(8-10-17)13-5-4-6-15(14(13)11-16)20-21(2,18)19/h4-6,12H,3,7-11,16H2,1-2H3. The minimum atomic E-state index is -3.53. The lowest BCUT2D eigenvalue weighted by molar-refractivity contribution is 0.222. The second-order valence-electron chi connectivity index (χ2n) is 5.52. The molecule has 0 aliphatic carbocycles. The van der Waals surface area contributed by atoms with Gasteiger partial charge in [-0.15, -0.1) is 0 Å². The van der Waals surface area contributed by atoms with Gasteiger partial charge in [0.1, 0.15) is 5.75 Å². The maximum absolute atomic E-state index is 11.4. The average Bonchev–Trinajstić information content (AvgIpc) is 2.45. The minimum Gasteiger partial charge on any atom is -0.382 e. The largest absolute Gasteiger partial charge is 0.382 e. The maximum Gasteiger partial charge on any atom is 0.306 e. The zero-order valence-electron chi connectivity index (χ0n) is 12.7. The van der Waals surface area contributed by atoms with Gasteiger partial charge in [0.2, 0.25) is 0 Å². The van der Waals surface area contributed by atoms with Crippen LogP contribution >= 0.6 is 0 Å². The normalized spacial score (nSPS) is 17.9. The van der Waals surface area contributed by atoms with Crippen LogP contribution in [0.25, 0.3) is 0 Å².